The fourth-order valence-corrected chi connectivity index (χ4v) is 2.92. The monoisotopic (exact) mass is 321 g/mol. The van der Waals surface area contributed by atoms with Gasteiger partial charge >= 0.3 is 6.09 Å². The summed E-state index contributed by atoms with van der Waals surface area (Å²) in [6.07, 6.45) is -0.0448. The van der Waals surface area contributed by atoms with Gasteiger partial charge in [-0.25, -0.2) is 9.18 Å². The Balaban J connectivity index is 1.47. The number of rotatable bonds is 4. The van der Waals surface area contributed by atoms with E-state index in [0.29, 0.717) is 58.0 Å². The molecule has 2 saturated heterocycles. The van der Waals surface area contributed by atoms with Crippen LogP contribution in [0.4, 0.5) is 14.9 Å². The summed E-state index contributed by atoms with van der Waals surface area (Å²) < 4.78 is 18.6. The molecule has 124 valence electrons. The third-order valence-electron chi connectivity index (χ3n) is 4.27. The zero-order chi connectivity index (χ0) is 16.2. The highest BCUT2D eigenvalue weighted by molar-refractivity contribution is 5.77. The van der Waals surface area contributed by atoms with Crippen LogP contribution >= 0.6 is 0 Å². The minimum absolute atomic E-state index is 0.0258. The molecule has 1 aromatic rings. The standard InChI is InChI=1S/C16H20FN3O3/c17-13-3-1-2-4-14(13)18-7-9-19(10-8-18)15(21)5-6-20-11-12-23-16(20)22/h1-4H,5-12H2. The number of anilines is 1. The van der Waals surface area contributed by atoms with Crippen molar-refractivity contribution in [1.82, 2.24) is 9.80 Å². The Morgan fingerprint density at radius 1 is 1.13 bits per heavy atom. The largest absolute Gasteiger partial charge is 0.448 e. The summed E-state index contributed by atoms with van der Waals surface area (Å²) in [6.45, 7) is 3.69. The molecule has 0 bridgehead atoms. The van der Waals surface area contributed by atoms with Crippen LogP contribution in [0.2, 0.25) is 0 Å². The van der Waals surface area contributed by atoms with E-state index in [1.54, 1.807) is 21.9 Å². The molecule has 0 unspecified atom stereocenters. The number of carbonyl (C=O) groups excluding carboxylic acids is 2. The highest BCUT2D eigenvalue weighted by Crippen LogP contribution is 2.20. The molecular formula is C16H20FN3O3. The van der Waals surface area contributed by atoms with E-state index in [9.17, 15) is 14.0 Å². The zero-order valence-electron chi connectivity index (χ0n) is 12.9. The van der Waals surface area contributed by atoms with Gasteiger partial charge in [0.1, 0.15) is 12.4 Å². The number of halogens is 1. The summed E-state index contributed by atoms with van der Waals surface area (Å²) in [4.78, 5) is 28.8. The van der Waals surface area contributed by atoms with Crippen molar-refractivity contribution in [3.63, 3.8) is 0 Å². The van der Waals surface area contributed by atoms with Gasteiger partial charge in [0.2, 0.25) is 5.91 Å². The van der Waals surface area contributed by atoms with E-state index in [1.807, 2.05) is 11.0 Å². The Kier molecular flexibility index (Phi) is 4.64. The number of nitrogens with zero attached hydrogens (tertiary/aromatic N) is 3. The second-order valence-electron chi connectivity index (χ2n) is 5.67. The number of benzene rings is 1. The maximum atomic E-state index is 13.8. The van der Waals surface area contributed by atoms with Gasteiger partial charge in [0.15, 0.2) is 0 Å². The molecule has 0 radical (unpaired) electrons. The first kappa shape index (κ1) is 15.6. The van der Waals surface area contributed by atoms with Crippen molar-refractivity contribution in [3.05, 3.63) is 30.1 Å². The molecule has 1 aromatic carbocycles. The lowest BCUT2D eigenvalue weighted by Gasteiger charge is -2.36. The van der Waals surface area contributed by atoms with Crippen LogP contribution < -0.4 is 4.90 Å². The van der Waals surface area contributed by atoms with Crippen LogP contribution in [0.15, 0.2) is 24.3 Å². The Morgan fingerprint density at radius 2 is 1.87 bits per heavy atom. The van der Waals surface area contributed by atoms with Gasteiger partial charge in [-0.05, 0) is 12.1 Å². The average molecular weight is 321 g/mol. The predicted octanol–water partition coefficient (Wildman–Crippen LogP) is 1.32. The van der Waals surface area contributed by atoms with E-state index in [0.717, 1.165) is 0 Å². The Labute approximate surface area is 134 Å². The average Bonchev–Trinajstić information content (AvgIpc) is 2.98. The van der Waals surface area contributed by atoms with Crippen LogP contribution in [0.5, 0.6) is 0 Å². The lowest BCUT2D eigenvalue weighted by molar-refractivity contribution is -0.131. The molecule has 0 spiro atoms. The van der Waals surface area contributed by atoms with Crippen molar-refractivity contribution < 1.29 is 18.7 Å². The minimum Gasteiger partial charge on any atom is -0.448 e. The molecule has 0 aliphatic carbocycles. The van der Waals surface area contributed by atoms with Crippen LogP contribution in [0, 0.1) is 5.82 Å². The minimum atomic E-state index is -0.345. The van der Waals surface area contributed by atoms with Gasteiger partial charge in [0, 0.05) is 39.1 Å². The summed E-state index contributed by atoms with van der Waals surface area (Å²) in [7, 11) is 0. The van der Waals surface area contributed by atoms with Crippen molar-refractivity contribution in [1.29, 1.82) is 0 Å². The van der Waals surface area contributed by atoms with Gasteiger partial charge in [-0.1, -0.05) is 12.1 Å². The SMILES string of the molecule is O=C(CCN1CCOC1=O)N1CCN(c2ccccc2F)CC1. The first-order valence-corrected chi connectivity index (χ1v) is 7.84. The van der Waals surface area contributed by atoms with Crippen molar-refractivity contribution in [2.75, 3.05) is 50.8 Å². The van der Waals surface area contributed by atoms with Crippen LogP contribution in [0.1, 0.15) is 6.42 Å². The molecule has 2 aliphatic rings. The van der Waals surface area contributed by atoms with Crippen LogP contribution in [0.25, 0.3) is 0 Å². The first-order valence-electron chi connectivity index (χ1n) is 7.84. The number of hydrogen-bond donors (Lipinski definition) is 0. The fourth-order valence-electron chi connectivity index (χ4n) is 2.92. The third-order valence-corrected chi connectivity index (χ3v) is 4.27. The normalized spacial score (nSPS) is 18.3. The molecule has 3 rings (SSSR count). The fraction of sp³-hybridized carbons (Fsp3) is 0.500. The zero-order valence-corrected chi connectivity index (χ0v) is 12.9. The summed E-state index contributed by atoms with van der Waals surface area (Å²) in [5.41, 5.74) is 0.583. The Morgan fingerprint density at radius 3 is 2.52 bits per heavy atom. The lowest BCUT2D eigenvalue weighted by atomic mass is 10.2. The van der Waals surface area contributed by atoms with Gasteiger partial charge in [-0.3, -0.25) is 4.79 Å². The summed E-state index contributed by atoms with van der Waals surface area (Å²) in [5.74, 6) is -0.210. The van der Waals surface area contributed by atoms with Crippen molar-refractivity contribution in [2.45, 2.75) is 6.42 Å². The molecular weight excluding hydrogens is 301 g/mol. The summed E-state index contributed by atoms with van der Waals surface area (Å²) in [5, 5.41) is 0. The third kappa shape index (κ3) is 3.55. The summed E-state index contributed by atoms with van der Waals surface area (Å²) in [6, 6.07) is 6.68. The van der Waals surface area contributed by atoms with Crippen molar-refractivity contribution in [3.8, 4) is 0 Å². The number of piperazine rings is 1. The van der Waals surface area contributed by atoms with Crippen LogP contribution in [-0.2, 0) is 9.53 Å². The van der Waals surface area contributed by atoms with E-state index in [1.165, 1.54) is 6.07 Å². The molecule has 0 N–H and O–H groups in total. The predicted molar refractivity (Wildman–Crippen MR) is 82.7 cm³/mol. The molecule has 2 amide bonds. The van der Waals surface area contributed by atoms with Crippen LogP contribution in [0.3, 0.4) is 0 Å². The molecule has 23 heavy (non-hydrogen) atoms. The number of cyclic esters (lactones) is 1. The molecule has 0 atom stereocenters. The van der Waals surface area contributed by atoms with E-state index in [2.05, 4.69) is 0 Å². The molecule has 2 fully saturated rings. The van der Waals surface area contributed by atoms with Gasteiger partial charge < -0.3 is 19.4 Å². The molecule has 0 saturated carbocycles. The quantitative estimate of drug-likeness (QED) is 0.839. The Bertz CT molecular complexity index is 588. The molecule has 2 aliphatic heterocycles. The van der Waals surface area contributed by atoms with Gasteiger partial charge in [0.25, 0.3) is 0 Å². The Hall–Kier alpha value is -2.31. The van der Waals surface area contributed by atoms with Crippen molar-refractivity contribution in [2.24, 2.45) is 0 Å². The topological polar surface area (TPSA) is 53.1 Å². The second-order valence-corrected chi connectivity index (χ2v) is 5.67. The van der Waals surface area contributed by atoms with Crippen molar-refractivity contribution >= 4 is 17.7 Å². The number of hydrogen-bond acceptors (Lipinski definition) is 4. The highest BCUT2D eigenvalue weighted by Gasteiger charge is 2.25. The second kappa shape index (κ2) is 6.85. The number of para-hydroxylation sites is 1. The van der Waals surface area contributed by atoms with Gasteiger partial charge in [0.05, 0.1) is 12.2 Å². The van der Waals surface area contributed by atoms with Gasteiger partial charge in [-0.2, -0.15) is 0 Å². The van der Waals surface area contributed by atoms with E-state index >= 15 is 0 Å². The van der Waals surface area contributed by atoms with Crippen LogP contribution in [-0.4, -0.2) is 67.7 Å². The number of amides is 2. The maximum Gasteiger partial charge on any atom is 0.409 e. The van der Waals surface area contributed by atoms with E-state index in [4.69, 9.17) is 4.74 Å². The van der Waals surface area contributed by atoms with Gasteiger partial charge in [-0.15, -0.1) is 0 Å². The van der Waals surface area contributed by atoms with E-state index in [-0.39, 0.29) is 17.8 Å². The highest BCUT2D eigenvalue weighted by atomic mass is 19.1. The molecule has 2 heterocycles. The molecule has 7 heteroatoms. The maximum absolute atomic E-state index is 13.8. The molecule has 0 aromatic heterocycles. The summed E-state index contributed by atoms with van der Waals surface area (Å²) >= 11 is 0. The number of ether oxygens (including phenoxy) is 1. The van der Waals surface area contributed by atoms with E-state index < -0.39 is 0 Å². The molecule has 6 nitrogen and oxygen atoms in total. The smallest absolute Gasteiger partial charge is 0.409 e. The first-order chi connectivity index (χ1) is 11.1. The lowest BCUT2D eigenvalue weighted by Crippen LogP contribution is -2.49. The number of carbonyl (C=O) groups is 2.